The van der Waals surface area contributed by atoms with Gasteiger partial charge in [-0.3, -0.25) is 0 Å². The molecule has 2 aliphatic carbocycles. The van der Waals surface area contributed by atoms with E-state index < -0.39 is 0 Å². The first-order valence-corrected chi connectivity index (χ1v) is 8.33. The van der Waals surface area contributed by atoms with Crippen LogP contribution in [0, 0.1) is 5.92 Å². The Balaban J connectivity index is 1.54. The number of thioether (sulfide) groups is 1. The van der Waals surface area contributed by atoms with Crippen LogP contribution >= 0.6 is 11.8 Å². The minimum atomic E-state index is 0.559. The fourth-order valence-corrected chi connectivity index (χ4v) is 4.79. The largest absolute Gasteiger partial charge is 0.355 e. The van der Waals surface area contributed by atoms with E-state index >= 15 is 0 Å². The number of hydrogen-bond acceptors (Lipinski definition) is 3. The highest BCUT2D eigenvalue weighted by Gasteiger charge is 2.57. The molecule has 1 aromatic rings. The summed E-state index contributed by atoms with van der Waals surface area (Å²) in [4.78, 5) is 7.16. The van der Waals surface area contributed by atoms with Gasteiger partial charge in [0, 0.05) is 30.8 Å². The number of nitrogens with zero attached hydrogens (tertiary/aromatic N) is 2. The molecule has 0 amide bonds. The molecule has 2 heterocycles. The van der Waals surface area contributed by atoms with Crippen molar-refractivity contribution in [3.05, 3.63) is 23.9 Å². The van der Waals surface area contributed by atoms with Crippen molar-refractivity contribution < 1.29 is 0 Å². The van der Waals surface area contributed by atoms with Crippen LogP contribution < -0.4 is 4.90 Å². The quantitative estimate of drug-likeness (QED) is 0.813. The third-order valence-corrected chi connectivity index (χ3v) is 6.01. The Morgan fingerprint density at radius 1 is 1.28 bits per heavy atom. The minimum absolute atomic E-state index is 0.559. The Bertz CT molecular complexity index is 438. The van der Waals surface area contributed by atoms with Crippen LogP contribution in [0.4, 0.5) is 5.82 Å². The van der Waals surface area contributed by atoms with Gasteiger partial charge in [0.15, 0.2) is 0 Å². The van der Waals surface area contributed by atoms with Crippen molar-refractivity contribution in [3.63, 3.8) is 0 Å². The Morgan fingerprint density at radius 3 is 2.78 bits per heavy atom. The van der Waals surface area contributed by atoms with Crippen LogP contribution in [0.5, 0.6) is 0 Å². The van der Waals surface area contributed by atoms with E-state index in [1.54, 1.807) is 0 Å². The molecular formula is C15H20N2S. The predicted octanol–water partition coefficient (Wildman–Crippen LogP) is 3.08. The van der Waals surface area contributed by atoms with Crippen LogP contribution in [-0.4, -0.2) is 29.6 Å². The average molecular weight is 260 g/mol. The number of aromatic nitrogens is 1. The number of fused-ring (bicyclic) bond motifs is 1. The fourth-order valence-electron chi connectivity index (χ4n) is 3.89. The third-order valence-electron chi connectivity index (χ3n) is 5.07. The molecule has 0 spiro atoms. The molecule has 1 aliphatic heterocycles. The van der Waals surface area contributed by atoms with Crippen LogP contribution in [0.25, 0.3) is 0 Å². The number of anilines is 1. The lowest BCUT2D eigenvalue weighted by molar-refractivity contribution is 0.653. The van der Waals surface area contributed by atoms with Crippen LogP contribution in [0.15, 0.2) is 18.3 Å². The maximum absolute atomic E-state index is 4.74. The molecule has 18 heavy (non-hydrogen) atoms. The predicted molar refractivity (Wildman–Crippen MR) is 77.4 cm³/mol. The van der Waals surface area contributed by atoms with Crippen molar-refractivity contribution in [1.82, 2.24) is 4.98 Å². The maximum atomic E-state index is 4.74. The van der Waals surface area contributed by atoms with Crippen molar-refractivity contribution in [1.29, 1.82) is 0 Å². The van der Waals surface area contributed by atoms with Crippen LogP contribution in [0.1, 0.15) is 31.2 Å². The Kier molecular flexibility index (Phi) is 2.58. The monoisotopic (exact) mass is 260 g/mol. The first kappa shape index (κ1) is 11.2. The zero-order chi connectivity index (χ0) is 12.0. The van der Waals surface area contributed by atoms with Crippen molar-refractivity contribution in [2.45, 2.75) is 31.1 Å². The highest BCUT2D eigenvalue weighted by atomic mass is 32.2. The molecule has 1 aromatic heterocycles. The summed E-state index contributed by atoms with van der Waals surface area (Å²) in [6, 6.07) is 4.61. The molecule has 2 nitrogen and oxygen atoms in total. The third kappa shape index (κ3) is 1.67. The summed E-state index contributed by atoms with van der Waals surface area (Å²) in [6.07, 6.45) is 7.87. The van der Waals surface area contributed by atoms with E-state index in [1.807, 2.05) is 0 Å². The van der Waals surface area contributed by atoms with E-state index in [-0.39, 0.29) is 0 Å². The molecule has 0 N–H and O–H groups in total. The summed E-state index contributed by atoms with van der Waals surface area (Å²) < 4.78 is 0. The molecule has 2 atom stereocenters. The molecule has 0 bridgehead atoms. The molecule has 2 saturated carbocycles. The van der Waals surface area contributed by atoms with Gasteiger partial charge in [0.25, 0.3) is 0 Å². The second-order valence-electron chi connectivity index (χ2n) is 5.95. The van der Waals surface area contributed by atoms with Gasteiger partial charge in [-0.05, 0) is 42.2 Å². The highest BCUT2D eigenvalue weighted by Crippen LogP contribution is 2.64. The summed E-state index contributed by atoms with van der Waals surface area (Å²) in [7, 11) is 0. The summed E-state index contributed by atoms with van der Waals surface area (Å²) in [5.41, 5.74) is 2.07. The van der Waals surface area contributed by atoms with E-state index in [2.05, 4.69) is 35.0 Å². The van der Waals surface area contributed by atoms with Gasteiger partial charge >= 0.3 is 0 Å². The van der Waals surface area contributed by atoms with Gasteiger partial charge in [0.2, 0.25) is 0 Å². The van der Waals surface area contributed by atoms with Gasteiger partial charge in [-0.1, -0.05) is 12.5 Å². The Labute approximate surface area is 113 Å². The Morgan fingerprint density at radius 2 is 2.17 bits per heavy atom. The molecule has 0 aromatic carbocycles. The lowest BCUT2D eigenvalue weighted by Crippen LogP contribution is -2.33. The molecule has 2 unspecified atom stereocenters. The van der Waals surface area contributed by atoms with Crippen LogP contribution in [-0.2, 0) is 5.41 Å². The van der Waals surface area contributed by atoms with Crippen molar-refractivity contribution in [2.24, 2.45) is 5.92 Å². The number of pyridine rings is 1. The SMILES string of the molecule is c1cc(N2CCSCC2)ncc1C12CCCC1C2. The van der Waals surface area contributed by atoms with Gasteiger partial charge in [0.1, 0.15) is 5.82 Å². The summed E-state index contributed by atoms with van der Waals surface area (Å²) >= 11 is 2.05. The normalized spacial score (nSPS) is 34.4. The minimum Gasteiger partial charge on any atom is -0.355 e. The molecule has 3 aliphatic rings. The smallest absolute Gasteiger partial charge is 0.128 e. The van der Waals surface area contributed by atoms with Crippen molar-refractivity contribution in [3.8, 4) is 0 Å². The fraction of sp³-hybridized carbons (Fsp3) is 0.667. The van der Waals surface area contributed by atoms with Gasteiger partial charge < -0.3 is 4.90 Å². The lowest BCUT2D eigenvalue weighted by Gasteiger charge is -2.27. The average Bonchev–Trinajstić information content (AvgIpc) is 3.02. The van der Waals surface area contributed by atoms with Crippen molar-refractivity contribution >= 4 is 17.6 Å². The standard InChI is InChI=1S/C15H20N2S/c1-2-12-10-15(12,5-1)13-3-4-14(16-11-13)17-6-8-18-9-7-17/h3-4,11-12H,1-2,5-10H2. The highest BCUT2D eigenvalue weighted by molar-refractivity contribution is 7.99. The number of rotatable bonds is 2. The Hall–Kier alpha value is -0.700. The zero-order valence-corrected chi connectivity index (χ0v) is 11.6. The topological polar surface area (TPSA) is 16.1 Å². The van der Waals surface area contributed by atoms with E-state index in [1.165, 1.54) is 48.6 Å². The van der Waals surface area contributed by atoms with E-state index in [4.69, 9.17) is 4.98 Å². The second kappa shape index (κ2) is 4.16. The molecule has 0 radical (unpaired) electrons. The molecule has 4 rings (SSSR count). The molecule has 96 valence electrons. The summed E-state index contributed by atoms with van der Waals surface area (Å²) in [5, 5.41) is 0. The molecule has 3 heteroatoms. The zero-order valence-electron chi connectivity index (χ0n) is 10.8. The van der Waals surface area contributed by atoms with Crippen LogP contribution in [0.2, 0.25) is 0 Å². The van der Waals surface area contributed by atoms with Crippen LogP contribution in [0.3, 0.4) is 0 Å². The first-order chi connectivity index (χ1) is 8.88. The summed E-state index contributed by atoms with van der Waals surface area (Å²) in [5.74, 6) is 4.66. The number of hydrogen-bond donors (Lipinski definition) is 0. The lowest BCUT2D eigenvalue weighted by atomic mass is 9.95. The van der Waals surface area contributed by atoms with E-state index in [0.717, 1.165) is 19.0 Å². The van der Waals surface area contributed by atoms with E-state index in [0.29, 0.717) is 5.41 Å². The maximum Gasteiger partial charge on any atom is 0.128 e. The van der Waals surface area contributed by atoms with Gasteiger partial charge in [-0.2, -0.15) is 11.8 Å². The molecule has 3 fully saturated rings. The van der Waals surface area contributed by atoms with Gasteiger partial charge in [-0.25, -0.2) is 4.98 Å². The molecular weight excluding hydrogens is 240 g/mol. The molecule has 1 saturated heterocycles. The van der Waals surface area contributed by atoms with Gasteiger partial charge in [-0.15, -0.1) is 0 Å². The first-order valence-electron chi connectivity index (χ1n) is 7.18. The van der Waals surface area contributed by atoms with Crippen molar-refractivity contribution in [2.75, 3.05) is 29.5 Å². The van der Waals surface area contributed by atoms with E-state index in [9.17, 15) is 0 Å². The summed E-state index contributed by atoms with van der Waals surface area (Å²) in [6.45, 7) is 2.32. The van der Waals surface area contributed by atoms with Gasteiger partial charge in [0.05, 0.1) is 0 Å². The second-order valence-corrected chi connectivity index (χ2v) is 7.18.